The second-order valence-corrected chi connectivity index (χ2v) is 8.30. The maximum absolute atomic E-state index is 13.3. The van der Waals surface area contributed by atoms with Crippen LogP contribution in [0.2, 0.25) is 0 Å². The van der Waals surface area contributed by atoms with E-state index in [0.29, 0.717) is 12.0 Å². The van der Waals surface area contributed by atoms with Crippen LogP contribution in [0.15, 0.2) is 30.5 Å². The number of ether oxygens (including phenoxy) is 1. The van der Waals surface area contributed by atoms with Crippen LogP contribution in [0.5, 0.6) is 5.75 Å². The molecule has 9 nitrogen and oxygen atoms in total. The predicted molar refractivity (Wildman–Crippen MR) is 111 cm³/mol. The standard InChI is InChI=1S/C22H24FN3O6/c1-22(31)10-26-17-16(18(28)15(21(26)30)20(29)24-6-7-27)25-9-13(19(17)32-11-22)8-12-2-4-14(23)5-3-12/h2-5,9,15,21,27,30-31H,6-8,10-11H2,1H3,(H,24,29). The Kier molecular flexibility index (Phi) is 5.85. The molecule has 0 bridgehead atoms. The minimum Gasteiger partial charge on any atom is -0.488 e. The molecule has 2 aliphatic heterocycles. The zero-order valence-electron chi connectivity index (χ0n) is 17.4. The van der Waals surface area contributed by atoms with Gasteiger partial charge < -0.3 is 30.3 Å². The van der Waals surface area contributed by atoms with Crippen molar-refractivity contribution >= 4 is 17.4 Å². The van der Waals surface area contributed by atoms with Crippen molar-refractivity contribution in [3.05, 3.63) is 53.1 Å². The van der Waals surface area contributed by atoms with Crippen molar-refractivity contribution in [3.8, 4) is 5.75 Å². The van der Waals surface area contributed by atoms with Gasteiger partial charge in [-0.25, -0.2) is 4.39 Å². The number of hydrogen-bond acceptors (Lipinski definition) is 8. The number of nitrogens with zero attached hydrogens (tertiary/aromatic N) is 2. The number of hydrogen-bond donors (Lipinski definition) is 4. The number of halogens is 1. The smallest absolute Gasteiger partial charge is 0.235 e. The first-order valence-corrected chi connectivity index (χ1v) is 10.2. The fourth-order valence-electron chi connectivity index (χ4n) is 4.03. The number of pyridine rings is 1. The topological polar surface area (TPSA) is 132 Å². The van der Waals surface area contributed by atoms with Gasteiger partial charge in [-0.2, -0.15) is 0 Å². The lowest BCUT2D eigenvalue weighted by atomic mass is 9.89. The molecular formula is C22H24FN3O6. The van der Waals surface area contributed by atoms with Gasteiger partial charge in [0.1, 0.15) is 47.3 Å². The fraction of sp³-hybridized carbons (Fsp3) is 0.409. The molecule has 0 saturated heterocycles. The monoisotopic (exact) mass is 445 g/mol. The number of benzene rings is 1. The maximum atomic E-state index is 13.3. The predicted octanol–water partition coefficient (Wildman–Crippen LogP) is 0.000700. The largest absolute Gasteiger partial charge is 0.488 e. The minimum atomic E-state index is -1.57. The van der Waals surface area contributed by atoms with Crippen LogP contribution < -0.4 is 15.0 Å². The van der Waals surface area contributed by atoms with Crippen LogP contribution in [0.25, 0.3) is 0 Å². The molecule has 4 N–H and O–H groups in total. The molecule has 0 fully saturated rings. The van der Waals surface area contributed by atoms with Gasteiger partial charge in [0.15, 0.2) is 5.78 Å². The number of carbonyl (C=O) groups excluding carboxylic acids is 2. The molecule has 2 aliphatic rings. The maximum Gasteiger partial charge on any atom is 0.235 e. The van der Waals surface area contributed by atoms with Crippen molar-refractivity contribution in [1.29, 1.82) is 0 Å². The summed E-state index contributed by atoms with van der Waals surface area (Å²) in [5.74, 6) is -3.00. The highest BCUT2D eigenvalue weighted by atomic mass is 19.1. The Morgan fingerprint density at radius 2 is 2.09 bits per heavy atom. The number of anilines is 1. The van der Waals surface area contributed by atoms with E-state index in [2.05, 4.69) is 10.3 Å². The molecule has 0 saturated carbocycles. The van der Waals surface area contributed by atoms with E-state index in [0.717, 1.165) is 5.56 Å². The summed E-state index contributed by atoms with van der Waals surface area (Å²) in [5.41, 5.74) is 0.138. The second-order valence-electron chi connectivity index (χ2n) is 8.30. The Bertz CT molecular complexity index is 1040. The van der Waals surface area contributed by atoms with E-state index >= 15 is 0 Å². The van der Waals surface area contributed by atoms with E-state index in [9.17, 15) is 24.2 Å². The van der Waals surface area contributed by atoms with Gasteiger partial charge in [0.25, 0.3) is 0 Å². The summed E-state index contributed by atoms with van der Waals surface area (Å²) in [6, 6.07) is 5.90. The molecule has 3 heterocycles. The normalized spacial score (nSPS) is 24.4. The SMILES string of the molecule is CC1(O)COc2c(Cc3ccc(F)cc3)cnc3c2N(C1)C(O)C(C(=O)NCCO)C3=O. The first-order chi connectivity index (χ1) is 15.2. The molecule has 1 aromatic carbocycles. The van der Waals surface area contributed by atoms with Gasteiger partial charge in [0.2, 0.25) is 5.91 Å². The molecule has 170 valence electrons. The number of rotatable bonds is 5. The van der Waals surface area contributed by atoms with Crippen molar-refractivity contribution in [2.45, 2.75) is 25.2 Å². The first-order valence-electron chi connectivity index (χ1n) is 10.2. The third-order valence-electron chi connectivity index (χ3n) is 5.54. The molecule has 1 amide bonds. The third-order valence-corrected chi connectivity index (χ3v) is 5.54. The molecule has 0 radical (unpaired) electrons. The Morgan fingerprint density at radius 1 is 1.38 bits per heavy atom. The number of Topliss-reactive ketones (excluding diaryl/α,β-unsaturated/α-hetero) is 1. The summed E-state index contributed by atoms with van der Waals surface area (Å²) in [5, 5.41) is 33.1. The minimum absolute atomic E-state index is 0.0463. The molecule has 2 aromatic rings. The Morgan fingerprint density at radius 3 is 2.78 bits per heavy atom. The number of aliphatic hydroxyl groups excluding tert-OH is 2. The Labute approximate surface area is 183 Å². The van der Waals surface area contributed by atoms with E-state index < -0.39 is 29.4 Å². The molecule has 3 unspecified atom stereocenters. The van der Waals surface area contributed by atoms with E-state index in [1.54, 1.807) is 12.1 Å². The van der Waals surface area contributed by atoms with E-state index in [1.807, 2.05) is 0 Å². The van der Waals surface area contributed by atoms with Crippen LogP contribution in [0.4, 0.5) is 10.1 Å². The number of aromatic nitrogens is 1. The average Bonchev–Trinajstić information content (AvgIpc) is 2.90. The van der Waals surface area contributed by atoms with Gasteiger partial charge in [-0.05, 0) is 24.6 Å². The number of amides is 1. The summed E-state index contributed by atoms with van der Waals surface area (Å²) in [7, 11) is 0. The molecule has 0 aliphatic carbocycles. The van der Waals surface area contributed by atoms with Crippen LogP contribution in [0.3, 0.4) is 0 Å². The number of ketones is 1. The van der Waals surface area contributed by atoms with Crippen LogP contribution in [-0.4, -0.2) is 70.1 Å². The highest BCUT2D eigenvalue weighted by Crippen LogP contribution is 2.44. The highest BCUT2D eigenvalue weighted by Gasteiger charge is 2.49. The average molecular weight is 445 g/mol. The highest BCUT2D eigenvalue weighted by molar-refractivity contribution is 6.14. The summed E-state index contributed by atoms with van der Waals surface area (Å²) in [4.78, 5) is 31.3. The van der Waals surface area contributed by atoms with Crippen molar-refractivity contribution in [2.75, 3.05) is 31.2 Å². The summed E-state index contributed by atoms with van der Waals surface area (Å²) < 4.78 is 19.2. The molecule has 4 rings (SSSR count). The molecule has 0 spiro atoms. The van der Waals surface area contributed by atoms with Crippen LogP contribution in [0, 0.1) is 11.7 Å². The fourth-order valence-corrected chi connectivity index (χ4v) is 4.03. The lowest BCUT2D eigenvalue weighted by molar-refractivity contribution is -0.127. The number of carbonyl (C=O) groups is 2. The van der Waals surface area contributed by atoms with Gasteiger partial charge in [-0.1, -0.05) is 12.1 Å². The van der Waals surface area contributed by atoms with Crippen LogP contribution >= 0.6 is 0 Å². The van der Waals surface area contributed by atoms with Crippen molar-refractivity contribution < 1.29 is 34.0 Å². The Balaban J connectivity index is 1.79. The number of aliphatic hydroxyl groups is 3. The van der Waals surface area contributed by atoms with E-state index in [-0.39, 0.29) is 49.3 Å². The van der Waals surface area contributed by atoms with Gasteiger partial charge in [-0.15, -0.1) is 0 Å². The number of nitrogens with one attached hydrogen (secondary N) is 1. The zero-order chi connectivity index (χ0) is 23.0. The molecule has 1 aromatic heterocycles. The molecular weight excluding hydrogens is 421 g/mol. The van der Waals surface area contributed by atoms with Crippen molar-refractivity contribution in [1.82, 2.24) is 10.3 Å². The van der Waals surface area contributed by atoms with Crippen LogP contribution in [-0.2, 0) is 11.2 Å². The van der Waals surface area contributed by atoms with Crippen molar-refractivity contribution in [2.24, 2.45) is 5.92 Å². The molecule has 3 atom stereocenters. The van der Waals surface area contributed by atoms with Gasteiger partial charge >= 0.3 is 0 Å². The second kappa shape index (κ2) is 8.45. The molecule has 32 heavy (non-hydrogen) atoms. The van der Waals surface area contributed by atoms with Crippen LogP contribution in [0.1, 0.15) is 28.5 Å². The molecule has 10 heteroatoms. The lowest BCUT2D eigenvalue weighted by Gasteiger charge is -2.40. The summed E-state index contributed by atoms with van der Waals surface area (Å²) in [6.07, 6.45) is 0.202. The third kappa shape index (κ3) is 4.04. The zero-order valence-corrected chi connectivity index (χ0v) is 17.4. The Hall–Kier alpha value is -3.08. The summed E-state index contributed by atoms with van der Waals surface area (Å²) in [6.45, 7) is 0.917. The van der Waals surface area contributed by atoms with Gasteiger partial charge in [0, 0.05) is 24.7 Å². The van der Waals surface area contributed by atoms with Gasteiger partial charge in [0.05, 0.1) is 13.2 Å². The van der Waals surface area contributed by atoms with E-state index in [4.69, 9.17) is 9.84 Å². The first kappa shape index (κ1) is 22.1. The summed E-state index contributed by atoms with van der Waals surface area (Å²) >= 11 is 0. The van der Waals surface area contributed by atoms with Crippen molar-refractivity contribution in [3.63, 3.8) is 0 Å². The van der Waals surface area contributed by atoms with E-state index in [1.165, 1.54) is 30.2 Å². The lowest BCUT2D eigenvalue weighted by Crippen LogP contribution is -2.57. The van der Waals surface area contributed by atoms with Gasteiger partial charge in [-0.3, -0.25) is 14.6 Å². The quantitative estimate of drug-likeness (QED) is 0.473.